The van der Waals surface area contributed by atoms with Crippen LogP contribution in [0.25, 0.3) is 0 Å². The molecule has 1 fully saturated rings. The van der Waals surface area contributed by atoms with Crippen LogP contribution in [-0.2, 0) is 11.2 Å². The van der Waals surface area contributed by atoms with Gasteiger partial charge >= 0.3 is 0 Å². The highest BCUT2D eigenvalue weighted by molar-refractivity contribution is 5.89. The van der Waals surface area contributed by atoms with Gasteiger partial charge in [0.15, 0.2) is 23.1 Å². The van der Waals surface area contributed by atoms with Crippen molar-refractivity contribution in [1.82, 2.24) is 10.2 Å². The van der Waals surface area contributed by atoms with Gasteiger partial charge in [0, 0.05) is 19.5 Å². The molecular weight excluding hydrogens is 356 g/mol. The number of amides is 1. The first-order chi connectivity index (χ1) is 13.7. The number of ether oxygens (including phenoxy) is 2. The Labute approximate surface area is 166 Å². The van der Waals surface area contributed by atoms with E-state index in [9.17, 15) is 4.79 Å². The summed E-state index contributed by atoms with van der Waals surface area (Å²) in [4.78, 5) is 14.5. The predicted molar refractivity (Wildman–Crippen MR) is 109 cm³/mol. The molecule has 1 amide bonds. The van der Waals surface area contributed by atoms with Crippen molar-refractivity contribution in [3.63, 3.8) is 0 Å². The highest BCUT2D eigenvalue weighted by Gasteiger charge is 2.12. The molecule has 2 aromatic rings. The normalized spacial score (nSPS) is 14.3. The van der Waals surface area contributed by atoms with Crippen LogP contribution in [0.15, 0.2) is 30.3 Å². The lowest BCUT2D eigenvalue weighted by Gasteiger charge is -2.20. The third-order valence-electron chi connectivity index (χ3n) is 4.94. The summed E-state index contributed by atoms with van der Waals surface area (Å²) in [5.74, 6) is 2.61. The molecule has 7 heteroatoms. The average Bonchev–Trinajstić information content (AvgIpc) is 3.02. The number of rotatable bonds is 7. The van der Waals surface area contributed by atoms with Crippen molar-refractivity contribution in [2.75, 3.05) is 37.5 Å². The van der Waals surface area contributed by atoms with Gasteiger partial charge in [-0.1, -0.05) is 18.9 Å². The summed E-state index contributed by atoms with van der Waals surface area (Å²) in [5.41, 5.74) is 1.01. The average molecular weight is 384 g/mol. The van der Waals surface area contributed by atoms with E-state index in [0.29, 0.717) is 30.2 Å². The molecule has 0 spiro atoms. The van der Waals surface area contributed by atoms with Crippen LogP contribution in [0.5, 0.6) is 11.5 Å². The fraction of sp³-hybridized carbons (Fsp3) is 0.476. The van der Waals surface area contributed by atoms with Gasteiger partial charge in [-0.05, 0) is 49.1 Å². The van der Waals surface area contributed by atoms with Gasteiger partial charge in [0.05, 0.1) is 14.2 Å². The maximum atomic E-state index is 12.3. The van der Waals surface area contributed by atoms with Crippen molar-refractivity contribution in [3.8, 4) is 11.5 Å². The monoisotopic (exact) mass is 384 g/mol. The lowest BCUT2D eigenvalue weighted by Crippen LogP contribution is -2.25. The zero-order valence-corrected chi connectivity index (χ0v) is 16.6. The summed E-state index contributed by atoms with van der Waals surface area (Å²) in [5, 5.41) is 11.3. The standard InChI is InChI=1S/C21H28N4O3/c1-27-17-9-7-16(15-18(17)28-2)8-12-21(26)22-19-10-11-20(24-23-19)25-13-5-3-4-6-14-25/h7,9-11,15H,3-6,8,12-14H2,1-2H3,(H,22,23,26). The second-order valence-corrected chi connectivity index (χ2v) is 6.92. The van der Waals surface area contributed by atoms with Gasteiger partial charge in [0.2, 0.25) is 5.91 Å². The molecule has 0 unspecified atom stereocenters. The molecule has 2 heterocycles. The minimum atomic E-state index is -0.0911. The molecule has 1 aliphatic heterocycles. The zero-order valence-electron chi connectivity index (χ0n) is 16.6. The van der Waals surface area contributed by atoms with Gasteiger partial charge in [0.25, 0.3) is 0 Å². The summed E-state index contributed by atoms with van der Waals surface area (Å²) in [6, 6.07) is 9.43. The van der Waals surface area contributed by atoms with Gasteiger partial charge < -0.3 is 19.7 Å². The first kappa shape index (κ1) is 19.9. The predicted octanol–water partition coefficient (Wildman–Crippen LogP) is 3.45. The van der Waals surface area contributed by atoms with Crippen LogP contribution >= 0.6 is 0 Å². The molecule has 1 aromatic heterocycles. The van der Waals surface area contributed by atoms with Gasteiger partial charge in [-0.15, -0.1) is 10.2 Å². The SMILES string of the molecule is COc1ccc(CCC(=O)Nc2ccc(N3CCCCCC3)nn2)cc1OC. The Kier molecular flexibility index (Phi) is 7.06. The smallest absolute Gasteiger partial charge is 0.225 e. The number of hydrogen-bond acceptors (Lipinski definition) is 6. The molecule has 7 nitrogen and oxygen atoms in total. The number of nitrogens with zero attached hydrogens (tertiary/aromatic N) is 3. The van der Waals surface area contributed by atoms with E-state index in [2.05, 4.69) is 20.4 Å². The number of benzene rings is 1. The Bertz CT molecular complexity index is 772. The van der Waals surface area contributed by atoms with Crippen LogP contribution in [0, 0.1) is 0 Å². The molecule has 0 aliphatic carbocycles. The molecular formula is C21H28N4O3. The van der Waals surface area contributed by atoms with Crippen molar-refractivity contribution < 1.29 is 14.3 Å². The maximum absolute atomic E-state index is 12.3. The molecule has 1 N–H and O–H groups in total. The fourth-order valence-corrected chi connectivity index (χ4v) is 3.36. The molecule has 0 radical (unpaired) electrons. The largest absolute Gasteiger partial charge is 0.493 e. The number of methoxy groups -OCH3 is 2. The van der Waals surface area contributed by atoms with Crippen LogP contribution in [0.3, 0.4) is 0 Å². The van der Waals surface area contributed by atoms with Crippen molar-refractivity contribution >= 4 is 17.5 Å². The summed E-state index contributed by atoms with van der Waals surface area (Å²) in [6.07, 6.45) is 5.89. The number of carbonyl (C=O) groups is 1. The lowest BCUT2D eigenvalue weighted by atomic mass is 10.1. The van der Waals surface area contributed by atoms with Crippen molar-refractivity contribution in [3.05, 3.63) is 35.9 Å². The van der Waals surface area contributed by atoms with Crippen LogP contribution in [0.4, 0.5) is 11.6 Å². The first-order valence-corrected chi connectivity index (χ1v) is 9.79. The Morgan fingerprint density at radius 3 is 2.39 bits per heavy atom. The van der Waals surface area contributed by atoms with Gasteiger partial charge in [0.1, 0.15) is 0 Å². The van der Waals surface area contributed by atoms with Crippen molar-refractivity contribution in [1.29, 1.82) is 0 Å². The summed E-state index contributed by atoms with van der Waals surface area (Å²) in [6.45, 7) is 2.04. The number of aryl methyl sites for hydroxylation is 1. The Morgan fingerprint density at radius 2 is 1.75 bits per heavy atom. The molecule has 1 aliphatic rings. The topological polar surface area (TPSA) is 76.6 Å². The minimum Gasteiger partial charge on any atom is -0.493 e. The fourth-order valence-electron chi connectivity index (χ4n) is 3.36. The highest BCUT2D eigenvalue weighted by atomic mass is 16.5. The first-order valence-electron chi connectivity index (χ1n) is 9.79. The molecule has 0 atom stereocenters. The third-order valence-corrected chi connectivity index (χ3v) is 4.94. The van der Waals surface area contributed by atoms with E-state index in [-0.39, 0.29) is 5.91 Å². The number of anilines is 2. The summed E-state index contributed by atoms with van der Waals surface area (Å²) >= 11 is 0. The lowest BCUT2D eigenvalue weighted by molar-refractivity contribution is -0.116. The number of nitrogens with one attached hydrogen (secondary N) is 1. The van der Waals surface area contributed by atoms with Crippen LogP contribution in [0.1, 0.15) is 37.7 Å². The van der Waals surface area contributed by atoms with E-state index < -0.39 is 0 Å². The number of hydrogen-bond donors (Lipinski definition) is 1. The molecule has 28 heavy (non-hydrogen) atoms. The van der Waals surface area contributed by atoms with E-state index in [0.717, 1.165) is 24.5 Å². The summed E-state index contributed by atoms with van der Waals surface area (Å²) in [7, 11) is 3.20. The maximum Gasteiger partial charge on any atom is 0.225 e. The quantitative estimate of drug-likeness (QED) is 0.788. The second kappa shape index (κ2) is 9.92. The molecule has 0 bridgehead atoms. The highest BCUT2D eigenvalue weighted by Crippen LogP contribution is 2.28. The minimum absolute atomic E-state index is 0.0911. The van der Waals surface area contributed by atoms with E-state index in [1.54, 1.807) is 14.2 Å². The Hall–Kier alpha value is -2.83. The van der Waals surface area contributed by atoms with E-state index in [1.165, 1.54) is 25.7 Å². The van der Waals surface area contributed by atoms with Crippen LogP contribution in [-0.4, -0.2) is 43.4 Å². The van der Waals surface area contributed by atoms with E-state index >= 15 is 0 Å². The van der Waals surface area contributed by atoms with E-state index in [4.69, 9.17) is 9.47 Å². The second-order valence-electron chi connectivity index (χ2n) is 6.92. The molecule has 3 rings (SSSR count). The van der Waals surface area contributed by atoms with Crippen molar-refractivity contribution in [2.24, 2.45) is 0 Å². The van der Waals surface area contributed by atoms with Gasteiger partial charge in [-0.2, -0.15) is 0 Å². The van der Waals surface area contributed by atoms with Gasteiger partial charge in [-0.3, -0.25) is 4.79 Å². The van der Waals surface area contributed by atoms with E-state index in [1.807, 2.05) is 30.3 Å². The molecule has 1 saturated heterocycles. The number of aromatic nitrogens is 2. The van der Waals surface area contributed by atoms with Gasteiger partial charge in [-0.25, -0.2) is 0 Å². The number of carbonyl (C=O) groups excluding carboxylic acids is 1. The molecule has 0 saturated carbocycles. The molecule has 150 valence electrons. The Morgan fingerprint density at radius 1 is 1.00 bits per heavy atom. The summed E-state index contributed by atoms with van der Waals surface area (Å²) < 4.78 is 10.5. The molecule has 1 aromatic carbocycles. The third kappa shape index (κ3) is 5.34. The van der Waals surface area contributed by atoms with Crippen molar-refractivity contribution in [2.45, 2.75) is 38.5 Å². The zero-order chi connectivity index (χ0) is 19.8. The van der Waals surface area contributed by atoms with Crippen LogP contribution in [0.2, 0.25) is 0 Å². The Balaban J connectivity index is 1.52. The van der Waals surface area contributed by atoms with Crippen LogP contribution < -0.4 is 19.7 Å².